The monoisotopic (exact) mass is 344 g/mol. The van der Waals surface area contributed by atoms with Gasteiger partial charge in [-0.25, -0.2) is 0 Å². The molecular weight excluding hydrogens is 328 g/mol. The summed E-state index contributed by atoms with van der Waals surface area (Å²) >= 11 is 1.56. The lowest BCUT2D eigenvalue weighted by atomic mass is 10.1. The van der Waals surface area contributed by atoms with Crippen molar-refractivity contribution < 1.29 is 13.8 Å². The summed E-state index contributed by atoms with van der Waals surface area (Å²) in [7, 11) is 0. The Labute approximate surface area is 142 Å². The van der Waals surface area contributed by atoms with Crippen LogP contribution in [0.15, 0.2) is 26.6 Å². The minimum Gasteiger partial charge on any atom is -0.361 e. The van der Waals surface area contributed by atoms with Gasteiger partial charge in [0.2, 0.25) is 0 Å². The molecule has 0 N–H and O–H groups in total. The Balaban J connectivity index is 1.50. The number of likely N-dealkylation sites (tertiary alicyclic amines) is 1. The van der Waals surface area contributed by atoms with E-state index in [2.05, 4.69) is 15.3 Å². The van der Waals surface area contributed by atoms with Crippen molar-refractivity contribution in [3.63, 3.8) is 0 Å². The molecule has 0 aliphatic carbocycles. The van der Waals surface area contributed by atoms with E-state index in [1.54, 1.807) is 30.1 Å². The van der Waals surface area contributed by atoms with Crippen molar-refractivity contribution in [2.45, 2.75) is 26.2 Å². The highest BCUT2D eigenvalue weighted by Crippen LogP contribution is 2.30. The lowest BCUT2D eigenvalue weighted by Gasteiger charge is -2.15. The van der Waals surface area contributed by atoms with Crippen LogP contribution in [0.4, 0.5) is 0 Å². The number of nitrogens with zero attached hydrogens (tertiary/aromatic N) is 4. The molecule has 4 rings (SSSR count). The average molecular weight is 344 g/mol. The largest absolute Gasteiger partial charge is 0.361 e. The fourth-order valence-corrected chi connectivity index (χ4v) is 3.65. The number of aromatic nitrogens is 3. The van der Waals surface area contributed by atoms with Crippen molar-refractivity contribution in [3.8, 4) is 10.8 Å². The van der Waals surface area contributed by atoms with Crippen LogP contribution in [0.1, 0.15) is 40.0 Å². The molecule has 3 aromatic rings. The predicted molar refractivity (Wildman–Crippen MR) is 86.8 cm³/mol. The minimum absolute atomic E-state index is 0.0456. The molecule has 1 saturated heterocycles. The Kier molecular flexibility index (Phi) is 3.68. The molecule has 0 saturated carbocycles. The molecule has 4 heterocycles. The van der Waals surface area contributed by atoms with Crippen LogP contribution in [0.2, 0.25) is 0 Å². The standard InChI is InChI=1S/C16H16N4O3S/c1-9-13(10(2)22-18-9)16(21)20-6-5-11(8-20)14-17-15(23-19-14)12-4-3-7-24-12/h3-4,7,11H,5-6,8H2,1-2H3/t11-/m1/s1. The Bertz CT molecular complexity index is 848. The van der Waals surface area contributed by atoms with Crippen LogP contribution in [0.5, 0.6) is 0 Å². The quantitative estimate of drug-likeness (QED) is 0.726. The Morgan fingerprint density at radius 3 is 2.92 bits per heavy atom. The van der Waals surface area contributed by atoms with Gasteiger partial charge < -0.3 is 13.9 Å². The van der Waals surface area contributed by atoms with Crippen LogP contribution in [0, 0.1) is 13.8 Å². The summed E-state index contributed by atoms with van der Waals surface area (Å²) in [5, 5.41) is 9.93. The van der Waals surface area contributed by atoms with Crippen LogP contribution < -0.4 is 0 Å². The third-order valence-electron chi connectivity index (χ3n) is 4.26. The molecule has 1 atom stereocenters. The number of hydrogen-bond donors (Lipinski definition) is 0. The van der Waals surface area contributed by atoms with Gasteiger partial charge in [0, 0.05) is 19.0 Å². The SMILES string of the molecule is Cc1noc(C)c1C(=O)N1CC[C@@H](c2noc(-c3cccs3)n2)C1. The lowest BCUT2D eigenvalue weighted by Crippen LogP contribution is -2.29. The number of hydrogen-bond acceptors (Lipinski definition) is 7. The number of rotatable bonds is 3. The average Bonchev–Trinajstić information content (AvgIpc) is 3.34. The van der Waals surface area contributed by atoms with Crippen molar-refractivity contribution >= 4 is 17.2 Å². The third kappa shape index (κ3) is 2.52. The normalized spacial score (nSPS) is 17.6. The molecule has 3 aromatic heterocycles. The summed E-state index contributed by atoms with van der Waals surface area (Å²) in [5.74, 6) is 1.80. The number of carbonyl (C=O) groups is 1. The van der Waals surface area contributed by atoms with E-state index in [0.717, 1.165) is 11.3 Å². The second kappa shape index (κ2) is 5.86. The first-order chi connectivity index (χ1) is 11.6. The molecule has 124 valence electrons. The van der Waals surface area contributed by atoms with Crippen molar-refractivity contribution in [2.24, 2.45) is 0 Å². The fourth-order valence-electron chi connectivity index (χ4n) is 3.00. The van der Waals surface area contributed by atoms with Gasteiger partial charge in [0.1, 0.15) is 11.3 Å². The summed E-state index contributed by atoms with van der Waals surface area (Å²) in [5.41, 5.74) is 1.18. The summed E-state index contributed by atoms with van der Waals surface area (Å²) in [4.78, 5) is 19.9. The first-order valence-corrected chi connectivity index (χ1v) is 8.61. The molecule has 0 aromatic carbocycles. The van der Waals surface area contributed by atoms with Crippen LogP contribution in [-0.4, -0.2) is 39.2 Å². The fraction of sp³-hybridized carbons (Fsp3) is 0.375. The Morgan fingerprint density at radius 1 is 1.33 bits per heavy atom. The van der Waals surface area contributed by atoms with Crippen LogP contribution in [0.3, 0.4) is 0 Å². The van der Waals surface area contributed by atoms with E-state index in [1.165, 1.54) is 0 Å². The maximum absolute atomic E-state index is 12.7. The molecule has 8 heteroatoms. The van der Waals surface area contributed by atoms with Gasteiger partial charge in [-0.05, 0) is 31.7 Å². The second-order valence-corrected chi connectivity index (χ2v) is 6.82. The van der Waals surface area contributed by atoms with Gasteiger partial charge in [0.15, 0.2) is 5.82 Å². The summed E-state index contributed by atoms with van der Waals surface area (Å²) in [6, 6.07) is 3.90. The number of carbonyl (C=O) groups excluding carboxylic acids is 1. The first-order valence-electron chi connectivity index (χ1n) is 7.73. The zero-order valence-corrected chi connectivity index (χ0v) is 14.2. The van der Waals surface area contributed by atoms with E-state index < -0.39 is 0 Å². The topological polar surface area (TPSA) is 85.3 Å². The first kappa shape index (κ1) is 15.1. The van der Waals surface area contributed by atoms with Crippen LogP contribution >= 0.6 is 11.3 Å². The zero-order chi connectivity index (χ0) is 16.7. The molecule has 24 heavy (non-hydrogen) atoms. The van der Waals surface area contributed by atoms with E-state index in [9.17, 15) is 4.79 Å². The van der Waals surface area contributed by atoms with Gasteiger partial charge in [-0.15, -0.1) is 11.3 Å². The molecule has 0 bridgehead atoms. The molecule has 7 nitrogen and oxygen atoms in total. The highest BCUT2D eigenvalue weighted by molar-refractivity contribution is 7.13. The lowest BCUT2D eigenvalue weighted by molar-refractivity contribution is 0.0788. The number of amides is 1. The van der Waals surface area contributed by atoms with Gasteiger partial charge in [-0.3, -0.25) is 4.79 Å². The molecule has 0 radical (unpaired) electrons. The van der Waals surface area contributed by atoms with Crippen molar-refractivity contribution in [1.82, 2.24) is 20.2 Å². The van der Waals surface area contributed by atoms with Crippen LogP contribution in [-0.2, 0) is 0 Å². The third-order valence-corrected chi connectivity index (χ3v) is 5.12. The Morgan fingerprint density at radius 2 is 2.21 bits per heavy atom. The van der Waals surface area contributed by atoms with Crippen molar-refractivity contribution in [2.75, 3.05) is 13.1 Å². The van der Waals surface area contributed by atoms with Crippen molar-refractivity contribution in [3.05, 3.63) is 40.4 Å². The maximum Gasteiger partial charge on any atom is 0.267 e. The number of aryl methyl sites for hydroxylation is 2. The molecule has 0 unspecified atom stereocenters. The smallest absolute Gasteiger partial charge is 0.267 e. The highest BCUT2D eigenvalue weighted by atomic mass is 32.1. The van der Waals surface area contributed by atoms with E-state index in [4.69, 9.17) is 9.05 Å². The second-order valence-electron chi connectivity index (χ2n) is 5.87. The predicted octanol–water partition coefficient (Wildman–Crippen LogP) is 3.03. The van der Waals surface area contributed by atoms with Gasteiger partial charge >= 0.3 is 0 Å². The number of thiophene rings is 1. The molecular formula is C16H16N4O3S. The molecule has 0 spiro atoms. The van der Waals surface area contributed by atoms with E-state index in [0.29, 0.717) is 41.8 Å². The van der Waals surface area contributed by atoms with Gasteiger partial charge in [0.05, 0.1) is 10.6 Å². The highest BCUT2D eigenvalue weighted by Gasteiger charge is 2.33. The van der Waals surface area contributed by atoms with Gasteiger partial charge in [0.25, 0.3) is 11.8 Å². The van der Waals surface area contributed by atoms with Crippen LogP contribution in [0.25, 0.3) is 10.8 Å². The summed E-state index contributed by atoms with van der Waals surface area (Å²) < 4.78 is 10.4. The van der Waals surface area contributed by atoms with Gasteiger partial charge in [-0.1, -0.05) is 16.4 Å². The molecule has 1 aliphatic rings. The molecule has 1 aliphatic heterocycles. The maximum atomic E-state index is 12.7. The summed E-state index contributed by atoms with van der Waals surface area (Å²) in [6.07, 6.45) is 0.818. The minimum atomic E-state index is -0.0456. The van der Waals surface area contributed by atoms with Gasteiger partial charge in [-0.2, -0.15) is 4.98 Å². The Hall–Kier alpha value is -2.48. The van der Waals surface area contributed by atoms with E-state index >= 15 is 0 Å². The summed E-state index contributed by atoms with van der Waals surface area (Å²) in [6.45, 7) is 4.78. The molecule has 1 amide bonds. The zero-order valence-electron chi connectivity index (χ0n) is 13.4. The van der Waals surface area contributed by atoms with E-state index in [-0.39, 0.29) is 11.8 Å². The van der Waals surface area contributed by atoms with E-state index in [1.807, 2.05) is 17.5 Å². The van der Waals surface area contributed by atoms with Crippen molar-refractivity contribution in [1.29, 1.82) is 0 Å². The molecule has 1 fully saturated rings.